The van der Waals surface area contributed by atoms with Crippen LogP contribution in [0.5, 0.6) is 0 Å². The average molecular weight is 336 g/mol. The number of amides is 1. The highest BCUT2D eigenvalue weighted by Crippen LogP contribution is 2.25. The first kappa shape index (κ1) is 14.9. The third-order valence-corrected chi connectivity index (χ3v) is 3.96. The van der Waals surface area contributed by atoms with Gasteiger partial charge < -0.3 is 5.32 Å². The summed E-state index contributed by atoms with van der Waals surface area (Å²) in [5, 5.41) is 16.5. The Morgan fingerprint density at radius 2 is 2.23 bits per heavy atom. The van der Waals surface area contributed by atoms with Gasteiger partial charge in [0, 0.05) is 17.0 Å². The molecule has 0 atom stereocenters. The monoisotopic (exact) mass is 335 g/mol. The maximum Gasteiger partial charge on any atom is 0.236 e. The number of nitrogens with one attached hydrogen (secondary N) is 1. The van der Waals surface area contributed by atoms with Gasteiger partial charge in [-0.1, -0.05) is 48.9 Å². The molecule has 0 fully saturated rings. The van der Waals surface area contributed by atoms with Crippen LogP contribution in [-0.4, -0.2) is 25.7 Å². The summed E-state index contributed by atoms with van der Waals surface area (Å²) in [6.45, 7) is 3.99. The first-order valence-corrected chi connectivity index (χ1v) is 8.00. The molecule has 0 spiro atoms. The number of rotatable bonds is 4. The Bertz CT molecular complexity index is 826. The quantitative estimate of drug-likeness (QED) is 0.792. The van der Waals surface area contributed by atoms with Crippen LogP contribution >= 0.6 is 22.9 Å². The van der Waals surface area contributed by atoms with Gasteiger partial charge in [0.25, 0.3) is 0 Å². The number of hydrogen-bond donors (Lipinski definition) is 1. The Morgan fingerprint density at radius 3 is 2.95 bits per heavy atom. The lowest BCUT2D eigenvalue weighted by atomic mass is 10.1. The second kappa shape index (κ2) is 6.02. The molecule has 1 N–H and O–H groups in total. The van der Waals surface area contributed by atoms with E-state index >= 15 is 0 Å². The van der Waals surface area contributed by atoms with Gasteiger partial charge in [0.1, 0.15) is 0 Å². The van der Waals surface area contributed by atoms with Crippen molar-refractivity contribution >= 4 is 38.9 Å². The molecular formula is C14H14ClN5OS. The van der Waals surface area contributed by atoms with Crippen molar-refractivity contribution in [1.29, 1.82) is 0 Å². The summed E-state index contributed by atoms with van der Waals surface area (Å²) in [4.78, 5) is 12.4. The van der Waals surface area contributed by atoms with Gasteiger partial charge in [-0.3, -0.25) is 4.79 Å². The molecule has 6 nitrogen and oxygen atoms in total. The van der Waals surface area contributed by atoms with Crippen LogP contribution in [0, 0.1) is 5.92 Å². The Hall–Kier alpha value is -1.99. The highest BCUT2D eigenvalue weighted by atomic mass is 35.5. The molecule has 0 aliphatic carbocycles. The lowest BCUT2D eigenvalue weighted by molar-refractivity contribution is -0.116. The molecule has 0 unspecified atom stereocenters. The van der Waals surface area contributed by atoms with Gasteiger partial charge in [-0.25, -0.2) is 0 Å². The number of carbonyl (C=O) groups is 1. The van der Waals surface area contributed by atoms with Gasteiger partial charge >= 0.3 is 0 Å². The zero-order valence-electron chi connectivity index (χ0n) is 12.1. The number of benzene rings is 1. The van der Waals surface area contributed by atoms with Crippen LogP contribution in [0.3, 0.4) is 0 Å². The SMILES string of the molecule is CC(C)CC(=O)Nc1nn2c(-c3cccc(Cl)c3)nnc2s1. The number of nitrogens with zero attached hydrogens (tertiary/aromatic N) is 4. The largest absolute Gasteiger partial charge is 0.301 e. The summed E-state index contributed by atoms with van der Waals surface area (Å²) >= 11 is 7.29. The second-order valence-electron chi connectivity index (χ2n) is 5.28. The molecule has 0 aliphatic rings. The van der Waals surface area contributed by atoms with E-state index in [9.17, 15) is 4.79 Å². The predicted molar refractivity (Wildman–Crippen MR) is 87.2 cm³/mol. The normalized spacial score (nSPS) is 11.3. The Morgan fingerprint density at radius 1 is 1.41 bits per heavy atom. The van der Waals surface area contributed by atoms with Crippen molar-refractivity contribution in [3.05, 3.63) is 29.3 Å². The van der Waals surface area contributed by atoms with Crippen LogP contribution in [0.25, 0.3) is 16.3 Å². The fourth-order valence-corrected chi connectivity index (χ4v) is 2.96. The lowest BCUT2D eigenvalue weighted by Crippen LogP contribution is -2.13. The first-order chi connectivity index (χ1) is 10.5. The summed E-state index contributed by atoms with van der Waals surface area (Å²) in [7, 11) is 0. The zero-order valence-corrected chi connectivity index (χ0v) is 13.6. The summed E-state index contributed by atoms with van der Waals surface area (Å²) in [6.07, 6.45) is 0.460. The molecule has 8 heteroatoms. The first-order valence-electron chi connectivity index (χ1n) is 6.81. The number of halogens is 1. The molecule has 3 aromatic rings. The van der Waals surface area contributed by atoms with E-state index < -0.39 is 0 Å². The van der Waals surface area contributed by atoms with Gasteiger partial charge in [0.15, 0.2) is 5.82 Å². The molecule has 0 saturated heterocycles. The molecule has 2 aromatic heterocycles. The minimum atomic E-state index is -0.0516. The van der Waals surface area contributed by atoms with Gasteiger partial charge in [-0.15, -0.1) is 15.3 Å². The maximum absolute atomic E-state index is 11.8. The number of anilines is 1. The van der Waals surface area contributed by atoms with Gasteiger partial charge in [0.2, 0.25) is 16.0 Å². The summed E-state index contributed by atoms with van der Waals surface area (Å²) < 4.78 is 1.61. The van der Waals surface area contributed by atoms with Crippen LogP contribution in [0.2, 0.25) is 5.02 Å². The lowest BCUT2D eigenvalue weighted by Gasteiger charge is -2.03. The molecule has 0 bridgehead atoms. The molecule has 114 valence electrons. The Labute approximate surface area is 136 Å². The summed E-state index contributed by atoms with van der Waals surface area (Å²) in [5.41, 5.74) is 0.824. The van der Waals surface area contributed by atoms with Gasteiger partial charge in [0.05, 0.1) is 0 Å². The fraction of sp³-hybridized carbons (Fsp3) is 0.286. The molecule has 0 saturated carbocycles. The van der Waals surface area contributed by atoms with Gasteiger partial charge in [-0.05, 0) is 18.1 Å². The molecule has 0 radical (unpaired) electrons. The predicted octanol–water partition coefficient (Wildman–Crippen LogP) is 3.49. The fourth-order valence-electron chi connectivity index (χ4n) is 2.02. The minimum absolute atomic E-state index is 0.0516. The van der Waals surface area contributed by atoms with Crippen molar-refractivity contribution in [1.82, 2.24) is 19.8 Å². The topological polar surface area (TPSA) is 72.2 Å². The molecular weight excluding hydrogens is 322 g/mol. The highest BCUT2D eigenvalue weighted by molar-refractivity contribution is 7.20. The van der Waals surface area contributed by atoms with E-state index in [4.69, 9.17) is 11.6 Å². The van der Waals surface area contributed by atoms with Crippen LogP contribution in [0.15, 0.2) is 24.3 Å². The van der Waals surface area contributed by atoms with Gasteiger partial charge in [-0.2, -0.15) is 4.52 Å². The van der Waals surface area contributed by atoms with Crippen molar-refractivity contribution in [2.24, 2.45) is 5.92 Å². The van der Waals surface area contributed by atoms with Crippen LogP contribution in [0.1, 0.15) is 20.3 Å². The Balaban J connectivity index is 1.90. The number of hydrogen-bond acceptors (Lipinski definition) is 5. The number of fused-ring (bicyclic) bond motifs is 1. The van der Waals surface area contributed by atoms with E-state index in [2.05, 4.69) is 20.6 Å². The molecule has 1 amide bonds. The molecule has 3 rings (SSSR count). The van der Waals surface area contributed by atoms with E-state index in [1.165, 1.54) is 11.3 Å². The van der Waals surface area contributed by atoms with Crippen molar-refractivity contribution in [3.8, 4) is 11.4 Å². The van der Waals surface area contributed by atoms with E-state index in [0.717, 1.165) is 5.56 Å². The van der Waals surface area contributed by atoms with Crippen LogP contribution < -0.4 is 5.32 Å². The van der Waals surface area contributed by atoms with Crippen molar-refractivity contribution in [2.45, 2.75) is 20.3 Å². The van der Waals surface area contributed by atoms with E-state index in [1.54, 1.807) is 16.6 Å². The molecule has 2 heterocycles. The van der Waals surface area contributed by atoms with E-state index in [-0.39, 0.29) is 5.91 Å². The summed E-state index contributed by atoms with van der Waals surface area (Å²) in [5.74, 6) is 0.843. The van der Waals surface area contributed by atoms with Crippen LogP contribution in [0.4, 0.5) is 5.13 Å². The smallest absolute Gasteiger partial charge is 0.236 e. The second-order valence-corrected chi connectivity index (χ2v) is 6.67. The number of aromatic nitrogens is 4. The van der Waals surface area contributed by atoms with Crippen molar-refractivity contribution in [3.63, 3.8) is 0 Å². The third kappa shape index (κ3) is 3.10. The van der Waals surface area contributed by atoms with E-state index in [0.29, 0.717) is 33.3 Å². The summed E-state index contributed by atoms with van der Waals surface area (Å²) in [6, 6.07) is 7.32. The van der Waals surface area contributed by atoms with Crippen LogP contribution in [-0.2, 0) is 4.79 Å². The average Bonchev–Trinajstić information content (AvgIpc) is 2.96. The molecule has 0 aliphatic heterocycles. The Kier molecular flexibility index (Phi) is 4.08. The molecule has 22 heavy (non-hydrogen) atoms. The van der Waals surface area contributed by atoms with Crippen molar-refractivity contribution in [2.75, 3.05) is 5.32 Å². The van der Waals surface area contributed by atoms with E-state index in [1.807, 2.05) is 26.0 Å². The third-order valence-electron chi connectivity index (χ3n) is 2.91. The minimum Gasteiger partial charge on any atom is -0.301 e. The highest BCUT2D eigenvalue weighted by Gasteiger charge is 2.15. The maximum atomic E-state index is 11.8. The standard InChI is InChI=1S/C14H14ClN5OS/c1-8(2)6-11(21)16-13-19-20-12(17-18-14(20)22-13)9-4-3-5-10(15)7-9/h3-5,7-8H,6H2,1-2H3,(H,16,19,21). The zero-order chi connectivity index (χ0) is 15.7. The molecule has 1 aromatic carbocycles. The van der Waals surface area contributed by atoms with Crippen molar-refractivity contribution < 1.29 is 4.79 Å². The number of carbonyl (C=O) groups excluding carboxylic acids is 1.